The van der Waals surface area contributed by atoms with Gasteiger partial charge in [-0.1, -0.05) is 0 Å². The number of amides is 1. The van der Waals surface area contributed by atoms with Crippen LogP contribution in [0.25, 0.3) is 0 Å². The molecular formula is C13H23N3O. The van der Waals surface area contributed by atoms with E-state index in [1.54, 1.807) is 0 Å². The molecule has 3 aliphatic heterocycles. The third-order valence-corrected chi connectivity index (χ3v) is 4.70. The molecule has 2 N–H and O–H groups in total. The lowest BCUT2D eigenvalue weighted by molar-refractivity contribution is -0.132. The Morgan fingerprint density at radius 3 is 2.29 bits per heavy atom. The van der Waals surface area contributed by atoms with E-state index < -0.39 is 0 Å². The minimum atomic E-state index is 0.342. The van der Waals surface area contributed by atoms with Gasteiger partial charge in [0.15, 0.2) is 0 Å². The van der Waals surface area contributed by atoms with Gasteiger partial charge in [-0.25, -0.2) is 0 Å². The zero-order chi connectivity index (χ0) is 11.8. The SMILES string of the molecule is NC1CC2CCC(C1)N2CC(=O)N1CCCC1. The third-order valence-electron chi connectivity index (χ3n) is 4.70. The van der Waals surface area contributed by atoms with Crippen LogP contribution < -0.4 is 5.73 Å². The van der Waals surface area contributed by atoms with Crippen molar-refractivity contribution in [2.24, 2.45) is 5.73 Å². The molecule has 2 atom stereocenters. The number of nitrogens with zero attached hydrogens (tertiary/aromatic N) is 2. The van der Waals surface area contributed by atoms with Gasteiger partial charge in [0.05, 0.1) is 6.54 Å². The lowest BCUT2D eigenvalue weighted by atomic mass is 9.98. The number of nitrogens with two attached hydrogens (primary N) is 1. The van der Waals surface area contributed by atoms with Gasteiger partial charge >= 0.3 is 0 Å². The molecule has 4 heteroatoms. The highest BCUT2D eigenvalue weighted by molar-refractivity contribution is 5.78. The van der Waals surface area contributed by atoms with E-state index in [4.69, 9.17) is 5.73 Å². The summed E-state index contributed by atoms with van der Waals surface area (Å²) in [6.07, 6.45) is 7.03. The number of hydrogen-bond acceptors (Lipinski definition) is 3. The van der Waals surface area contributed by atoms with Gasteiger partial charge in [0.1, 0.15) is 0 Å². The number of carbonyl (C=O) groups is 1. The van der Waals surface area contributed by atoms with Crippen LogP contribution in [0.5, 0.6) is 0 Å². The van der Waals surface area contributed by atoms with Crippen molar-refractivity contribution in [1.82, 2.24) is 9.80 Å². The number of hydrogen-bond donors (Lipinski definition) is 1. The van der Waals surface area contributed by atoms with Crippen LogP contribution in [-0.2, 0) is 4.79 Å². The van der Waals surface area contributed by atoms with E-state index in [-0.39, 0.29) is 0 Å². The Kier molecular flexibility index (Phi) is 3.09. The van der Waals surface area contributed by atoms with Crippen molar-refractivity contribution < 1.29 is 4.79 Å². The van der Waals surface area contributed by atoms with Crippen LogP contribution in [0, 0.1) is 0 Å². The van der Waals surface area contributed by atoms with Crippen LogP contribution in [0.1, 0.15) is 38.5 Å². The van der Waals surface area contributed by atoms with E-state index in [1.165, 1.54) is 25.7 Å². The van der Waals surface area contributed by atoms with Gasteiger partial charge in [-0.05, 0) is 38.5 Å². The van der Waals surface area contributed by atoms with Crippen molar-refractivity contribution in [1.29, 1.82) is 0 Å². The first-order valence-electron chi connectivity index (χ1n) is 7.03. The number of rotatable bonds is 2. The summed E-state index contributed by atoms with van der Waals surface area (Å²) in [4.78, 5) is 16.6. The zero-order valence-corrected chi connectivity index (χ0v) is 10.5. The molecule has 0 radical (unpaired) electrons. The molecule has 0 aromatic heterocycles. The lowest BCUT2D eigenvalue weighted by Crippen LogP contribution is -2.51. The molecule has 0 aliphatic carbocycles. The number of piperidine rings is 1. The summed E-state index contributed by atoms with van der Waals surface area (Å²) in [5.41, 5.74) is 6.05. The average Bonchev–Trinajstić information content (AvgIpc) is 2.88. The first-order chi connectivity index (χ1) is 8.24. The van der Waals surface area contributed by atoms with Crippen molar-refractivity contribution in [2.75, 3.05) is 19.6 Å². The fraction of sp³-hybridized carbons (Fsp3) is 0.923. The van der Waals surface area contributed by atoms with Crippen molar-refractivity contribution >= 4 is 5.91 Å². The predicted octanol–water partition coefficient (Wildman–Crippen LogP) is 0.563. The van der Waals surface area contributed by atoms with Crippen LogP contribution in [-0.4, -0.2) is 53.5 Å². The maximum Gasteiger partial charge on any atom is 0.236 e. The van der Waals surface area contributed by atoms with Gasteiger partial charge in [-0.3, -0.25) is 9.69 Å². The summed E-state index contributed by atoms with van der Waals surface area (Å²) in [7, 11) is 0. The summed E-state index contributed by atoms with van der Waals surface area (Å²) >= 11 is 0. The molecule has 0 aromatic rings. The molecule has 2 unspecified atom stereocenters. The number of fused-ring (bicyclic) bond motifs is 2. The molecule has 3 saturated heterocycles. The van der Waals surface area contributed by atoms with Crippen molar-refractivity contribution in [3.05, 3.63) is 0 Å². The Bertz CT molecular complexity index is 287. The molecule has 0 aromatic carbocycles. The molecule has 3 heterocycles. The van der Waals surface area contributed by atoms with Crippen molar-refractivity contribution in [3.8, 4) is 0 Å². The summed E-state index contributed by atoms with van der Waals surface area (Å²) < 4.78 is 0. The van der Waals surface area contributed by atoms with Crippen LogP contribution in [0.15, 0.2) is 0 Å². The Balaban J connectivity index is 1.60. The van der Waals surface area contributed by atoms with E-state index in [2.05, 4.69) is 4.90 Å². The van der Waals surface area contributed by atoms with Crippen molar-refractivity contribution in [2.45, 2.75) is 56.7 Å². The van der Waals surface area contributed by atoms with E-state index in [9.17, 15) is 4.79 Å². The Hall–Kier alpha value is -0.610. The van der Waals surface area contributed by atoms with Crippen molar-refractivity contribution in [3.63, 3.8) is 0 Å². The molecule has 0 spiro atoms. The highest BCUT2D eigenvalue weighted by Gasteiger charge is 2.40. The number of likely N-dealkylation sites (tertiary alicyclic amines) is 1. The topological polar surface area (TPSA) is 49.6 Å². The quantitative estimate of drug-likeness (QED) is 0.763. The Labute approximate surface area is 103 Å². The van der Waals surface area contributed by atoms with Gasteiger partial charge in [0, 0.05) is 31.2 Å². The monoisotopic (exact) mass is 237 g/mol. The van der Waals surface area contributed by atoms with E-state index in [0.717, 1.165) is 25.9 Å². The molecule has 3 aliphatic rings. The Morgan fingerprint density at radius 2 is 1.71 bits per heavy atom. The average molecular weight is 237 g/mol. The van der Waals surface area contributed by atoms with Gasteiger partial charge in [-0.15, -0.1) is 0 Å². The van der Waals surface area contributed by atoms with E-state index >= 15 is 0 Å². The van der Waals surface area contributed by atoms with Gasteiger partial charge in [-0.2, -0.15) is 0 Å². The second-order valence-corrected chi connectivity index (χ2v) is 5.88. The largest absolute Gasteiger partial charge is 0.342 e. The zero-order valence-electron chi connectivity index (χ0n) is 10.5. The molecule has 96 valence electrons. The minimum absolute atomic E-state index is 0.342. The fourth-order valence-electron chi connectivity index (χ4n) is 3.80. The standard InChI is InChI=1S/C13H23N3O/c14-10-7-11-3-4-12(8-10)16(11)9-13(17)15-5-1-2-6-15/h10-12H,1-9,14H2. The predicted molar refractivity (Wildman–Crippen MR) is 66.5 cm³/mol. The maximum atomic E-state index is 12.2. The molecule has 0 saturated carbocycles. The lowest BCUT2D eigenvalue weighted by Gasteiger charge is -2.37. The highest BCUT2D eigenvalue weighted by atomic mass is 16.2. The summed E-state index contributed by atoms with van der Waals surface area (Å²) in [6.45, 7) is 2.59. The molecule has 3 rings (SSSR count). The molecule has 3 fully saturated rings. The van der Waals surface area contributed by atoms with Gasteiger partial charge in [0.25, 0.3) is 0 Å². The molecule has 1 amide bonds. The first kappa shape index (κ1) is 11.5. The number of carbonyl (C=O) groups excluding carboxylic acids is 1. The van der Waals surface area contributed by atoms with Crippen LogP contribution >= 0.6 is 0 Å². The third kappa shape index (κ3) is 2.20. The Morgan fingerprint density at radius 1 is 1.12 bits per heavy atom. The normalized spacial score (nSPS) is 37.7. The summed E-state index contributed by atoms with van der Waals surface area (Å²) in [5, 5.41) is 0. The second-order valence-electron chi connectivity index (χ2n) is 5.88. The van der Waals surface area contributed by atoms with Gasteiger partial charge in [0.2, 0.25) is 5.91 Å². The van der Waals surface area contributed by atoms with Crippen LogP contribution in [0.4, 0.5) is 0 Å². The highest BCUT2D eigenvalue weighted by Crippen LogP contribution is 2.34. The summed E-state index contributed by atoms with van der Waals surface area (Å²) in [5.74, 6) is 0.342. The molecule has 2 bridgehead atoms. The first-order valence-corrected chi connectivity index (χ1v) is 7.03. The van der Waals surface area contributed by atoms with E-state index in [1.807, 2.05) is 4.90 Å². The van der Waals surface area contributed by atoms with Crippen LogP contribution in [0.2, 0.25) is 0 Å². The van der Waals surface area contributed by atoms with Gasteiger partial charge < -0.3 is 10.6 Å². The summed E-state index contributed by atoms with van der Waals surface area (Å²) in [6, 6.07) is 1.52. The van der Waals surface area contributed by atoms with E-state index in [0.29, 0.717) is 30.6 Å². The second kappa shape index (κ2) is 4.58. The molecular weight excluding hydrogens is 214 g/mol. The maximum absolute atomic E-state index is 12.2. The molecule has 17 heavy (non-hydrogen) atoms. The fourth-order valence-corrected chi connectivity index (χ4v) is 3.80. The smallest absolute Gasteiger partial charge is 0.236 e. The molecule has 4 nitrogen and oxygen atoms in total. The van der Waals surface area contributed by atoms with Crippen LogP contribution in [0.3, 0.4) is 0 Å². The minimum Gasteiger partial charge on any atom is -0.342 e.